The average Bonchev–Trinajstić information content (AvgIpc) is 3.33. The SMILES string of the molecule is CCN(CC)CCN(C(=O)c1ccc(S(=O)(=O)N(C)C2CCCCC2)cc1)c1nc2ccc(Cl)cc2s1. The molecule has 1 aliphatic carbocycles. The van der Waals surface area contributed by atoms with Crippen LogP contribution < -0.4 is 4.90 Å². The minimum atomic E-state index is -3.62. The number of anilines is 1. The first-order valence-electron chi connectivity index (χ1n) is 12.9. The van der Waals surface area contributed by atoms with Gasteiger partial charge in [-0.2, -0.15) is 4.31 Å². The predicted octanol–water partition coefficient (Wildman–Crippen LogP) is 5.89. The number of sulfonamides is 1. The Hall–Kier alpha value is -2.04. The molecule has 0 bridgehead atoms. The molecule has 1 heterocycles. The largest absolute Gasteiger partial charge is 0.302 e. The van der Waals surface area contributed by atoms with Crippen LogP contribution in [0.1, 0.15) is 56.3 Å². The highest BCUT2D eigenvalue weighted by atomic mass is 35.5. The van der Waals surface area contributed by atoms with Crippen molar-refractivity contribution in [3.63, 3.8) is 0 Å². The van der Waals surface area contributed by atoms with E-state index in [0.29, 0.717) is 28.8 Å². The van der Waals surface area contributed by atoms with E-state index in [2.05, 4.69) is 18.7 Å². The second-order valence-electron chi connectivity index (χ2n) is 9.43. The molecule has 0 saturated heterocycles. The maximum Gasteiger partial charge on any atom is 0.260 e. The zero-order chi connectivity index (χ0) is 26.6. The van der Waals surface area contributed by atoms with E-state index in [9.17, 15) is 13.2 Å². The van der Waals surface area contributed by atoms with Crippen LogP contribution in [0, 0.1) is 0 Å². The minimum Gasteiger partial charge on any atom is -0.302 e. The van der Waals surface area contributed by atoms with Crippen molar-refractivity contribution in [1.29, 1.82) is 0 Å². The molecule has 4 rings (SSSR count). The number of carbonyl (C=O) groups excluding carboxylic acids is 1. The Morgan fingerprint density at radius 1 is 1.03 bits per heavy atom. The number of likely N-dealkylation sites (N-methyl/N-ethyl adjacent to an activating group) is 1. The van der Waals surface area contributed by atoms with Gasteiger partial charge in [0.2, 0.25) is 10.0 Å². The predicted molar refractivity (Wildman–Crippen MR) is 152 cm³/mol. The fourth-order valence-corrected chi connectivity index (χ4v) is 7.48. The Labute approximate surface area is 229 Å². The number of fused-ring (bicyclic) bond motifs is 1. The van der Waals surface area contributed by atoms with E-state index in [1.165, 1.54) is 15.6 Å². The van der Waals surface area contributed by atoms with Gasteiger partial charge in [-0.15, -0.1) is 0 Å². The fourth-order valence-electron chi connectivity index (χ4n) is 4.80. The van der Waals surface area contributed by atoms with Crippen LogP contribution in [-0.2, 0) is 10.0 Å². The molecule has 200 valence electrons. The number of thiazole rings is 1. The van der Waals surface area contributed by atoms with Crippen LogP contribution in [0.15, 0.2) is 47.4 Å². The Morgan fingerprint density at radius 3 is 2.35 bits per heavy atom. The Morgan fingerprint density at radius 2 is 1.70 bits per heavy atom. The number of nitrogens with zero attached hydrogens (tertiary/aromatic N) is 4. The number of carbonyl (C=O) groups is 1. The molecule has 2 aromatic carbocycles. The smallest absolute Gasteiger partial charge is 0.260 e. The molecule has 10 heteroatoms. The molecule has 0 N–H and O–H groups in total. The number of rotatable bonds is 10. The molecule has 1 amide bonds. The van der Waals surface area contributed by atoms with Crippen molar-refractivity contribution in [2.24, 2.45) is 0 Å². The van der Waals surface area contributed by atoms with Gasteiger partial charge in [0, 0.05) is 36.8 Å². The summed E-state index contributed by atoms with van der Waals surface area (Å²) in [4.78, 5) is 22.6. The van der Waals surface area contributed by atoms with E-state index in [4.69, 9.17) is 16.6 Å². The molecule has 1 saturated carbocycles. The molecule has 0 atom stereocenters. The second-order valence-corrected chi connectivity index (χ2v) is 12.9. The van der Waals surface area contributed by atoms with E-state index in [0.717, 1.165) is 55.4 Å². The van der Waals surface area contributed by atoms with Crippen molar-refractivity contribution < 1.29 is 13.2 Å². The zero-order valence-corrected chi connectivity index (χ0v) is 24.1. The van der Waals surface area contributed by atoms with Crippen molar-refractivity contribution in [3.8, 4) is 0 Å². The zero-order valence-electron chi connectivity index (χ0n) is 21.7. The van der Waals surface area contributed by atoms with Crippen molar-refractivity contribution in [2.45, 2.75) is 56.9 Å². The summed E-state index contributed by atoms with van der Waals surface area (Å²) in [7, 11) is -1.96. The van der Waals surface area contributed by atoms with Gasteiger partial charge in [0.15, 0.2) is 5.13 Å². The number of benzene rings is 2. The van der Waals surface area contributed by atoms with Gasteiger partial charge in [0.05, 0.1) is 15.1 Å². The molecule has 1 fully saturated rings. The number of halogens is 1. The molecule has 0 radical (unpaired) electrons. The molecule has 0 unspecified atom stereocenters. The highest BCUT2D eigenvalue weighted by molar-refractivity contribution is 7.89. The van der Waals surface area contributed by atoms with Crippen LogP contribution in [0.5, 0.6) is 0 Å². The van der Waals surface area contributed by atoms with Crippen molar-refractivity contribution in [1.82, 2.24) is 14.2 Å². The lowest BCUT2D eigenvalue weighted by Gasteiger charge is -2.30. The first kappa shape index (κ1) is 28.0. The fraction of sp³-hybridized carbons (Fsp3) is 0.481. The Kier molecular flexibility index (Phi) is 9.24. The minimum absolute atomic E-state index is 0.0307. The molecule has 0 aliphatic heterocycles. The third-order valence-corrected chi connectivity index (χ3v) is 10.4. The summed E-state index contributed by atoms with van der Waals surface area (Å²) in [6.45, 7) is 7.13. The molecular weight excluding hydrogens is 528 g/mol. The summed E-state index contributed by atoms with van der Waals surface area (Å²) >= 11 is 7.59. The van der Waals surface area contributed by atoms with Crippen LogP contribution in [-0.4, -0.2) is 67.8 Å². The van der Waals surface area contributed by atoms with Crippen LogP contribution in [0.25, 0.3) is 10.2 Å². The van der Waals surface area contributed by atoms with Gasteiger partial charge in [0.25, 0.3) is 5.91 Å². The lowest BCUT2D eigenvalue weighted by atomic mass is 9.96. The second kappa shape index (κ2) is 12.2. The summed E-state index contributed by atoms with van der Waals surface area (Å²) in [6, 6.07) is 11.8. The molecule has 0 spiro atoms. The maximum atomic E-state index is 13.7. The Bertz CT molecular complexity index is 1320. The summed E-state index contributed by atoms with van der Waals surface area (Å²) in [5, 5.41) is 1.22. The quantitative estimate of drug-likeness (QED) is 0.308. The molecule has 7 nitrogen and oxygen atoms in total. The maximum absolute atomic E-state index is 13.7. The van der Waals surface area contributed by atoms with Crippen molar-refractivity contribution in [3.05, 3.63) is 53.1 Å². The van der Waals surface area contributed by atoms with E-state index < -0.39 is 10.0 Å². The summed E-state index contributed by atoms with van der Waals surface area (Å²) in [6.07, 6.45) is 5.05. The third kappa shape index (κ3) is 6.34. The first-order chi connectivity index (χ1) is 17.7. The summed E-state index contributed by atoms with van der Waals surface area (Å²) in [5.74, 6) is -0.207. The van der Waals surface area contributed by atoms with Gasteiger partial charge in [-0.3, -0.25) is 9.69 Å². The highest BCUT2D eigenvalue weighted by Gasteiger charge is 2.29. The van der Waals surface area contributed by atoms with Crippen molar-refractivity contribution >= 4 is 54.2 Å². The number of hydrogen-bond acceptors (Lipinski definition) is 6. The molecule has 37 heavy (non-hydrogen) atoms. The topological polar surface area (TPSA) is 73.8 Å². The molecular formula is C27H35ClN4O3S2. The first-order valence-corrected chi connectivity index (χ1v) is 15.6. The van der Waals surface area contributed by atoms with E-state index >= 15 is 0 Å². The monoisotopic (exact) mass is 562 g/mol. The van der Waals surface area contributed by atoms with Gasteiger partial charge >= 0.3 is 0 Å². The van der Waals surface area contributed by atoms with Crippen LogP contribution in [0.3, 0.4) is 0 Å². The highest BCUT2D eigenvalue weighted by Crippen LogP contribution is 2.32. The van der Waals surface area contributed by atoms with Gasteiger partial charge in [-0.25, -0.2) is 13.4 Å². The van der Waals surface area contributed by atoms with Crippen LogP contribution >= 0.6 is 22.9 Å². The van der Waals surface area contributed by atoms with Crippen LogP contribution in [0.4, 0.5) is 5.13 Å². The molecule has 1 aromatic heterocycles. The number of amides is 1. The third-order valence-electron chi connectivity index (χ3n) is 7.22. The summed E-state index contributed by atoms with van der Waals surface area (Å²) in [5.41, 5.74) is 1.22. The molecule has 1 aliphatic rings. The Balaban J connectivity index is 1.59. The standard InChI is InChI=1S/C27H35ClN4O3S2/c1-4-31(5-2)17-18-32(27-29-24-16-13-21(28)19-25(24)36-27)26(33)20-11-14-23(15-12-20)37(34,35)30(3)22-9-7-6-8-10-22/h11-16,19,22H,4-10,17-18H2,1-3H3. The number of aromatic nitrogens is 1. The summed E-state index contributed by atoms with van der Waals surface area (Å²) < 4.78 is 28.9. The van der Waals surface area contributed by atoms with Crippen LogP contribution in [0.2, 0.25) is 5.02 Å². The lowest BCUT2D eigenvalue weighted by Crippen LogP contribution is -2.39. The van der Waals surface area contributed by atoms with E-state index in [1.54, 1.807) is 42.3 Å². The lowest BCUT2D eigenvalue weighted by molar-refractivity contribution is 0.0983. The average molecular weight is 563 g/mol. The van der Waals surface area contributed by atoms with E-state index in [-0.39, 0.29) is 16.8 Å². The van der Waals surface area contributed by atoms with Gasteiger partial charge in [-0.1, -0.05) is 56.0 Å². The van der Waals surface area contributed by atoms with Crippen molar-refractivity contribution in [2.75, 3.05) is 38.1 Å². The normalized spacial score (nSPS) is 15.1. The van der Waals surface area contributed by atoms with E-state index in [1.807, 2.05) is 12.1 Å². The van der Waals surface area contributed by atoms with Gasteiger partial charge in [-0.05, 0) is 68.4 Å². The molecule has 3 aromatic rings. The van der Waals surface area contributed by atoms with Gasteiger partial charge < -0.3 is 4.90 Å². The number of hydrogen-bond donors (Lipinski definition) is 0. The van der Waals surface area contributed by atoms with Gasteiger partial charge in [0.1, 0.15) is 0 Å².